The third kappa shape index (κ3) is 3.28. The van der Waals surface area contributed by atoms with Crippen LogP contribution in [0.4, 0.5) is 0 Å². The van der Waals surface area contributed by atoms with Gasteiger partial charge in [-0.25, -0.2) is 13.1 Å². The van der Waals surface area contributed by atoms with E-state index in [1.807, 2.05) is 38.1 Å². The maximum Gasteiger partial charge on any atom is 0.242 e. The Bertz CT molecular complexity index is 958. The summed E-state index contributed by atoms with van der Waals surface area (Å²) in [6.07, 6.45) is 1.51. The van der Waals surface area contributed by atoms with Gasteiger partial charge in [-0.05, 0) is 26.3 Å². The van der Waals surface area contributed by atoms with Crippen molar-refractivity contribution < 1.29 is 12.9 Å². The molecule has 2 aromatic heterocycles. The average molecular weight is 362 g/mol. The van der Waals surface area contributed by atoms with Crippen LogP contribution >= 0.6 is 11.3 Å². The Labute approximate surface area is 145 Å². The summed E-state index contributed by atoms with van der Waals surface area (Å²) in [4.78, 5) is 1.89. The summed E-state index contributed by atoms with van der Waals surface area (Å²) in [7, 11) is -3.67. The van der Waals surface area contributed by atoms with Crippen molar-refractivity contribution in [1.82, 2.24) is 9.88 Å². The molecule has 0 radical (unpaired) electrons. The maximum atomic E-state index is 12.9. The summed E-state index contributed by atoms with van der Waals surface area (Å²) in [5.74, 6) is 0.466. The largest absolute Gasteiger partial charge is 0.356 e. The molecule has 1 N–H and O–H groups in total. The van der Waals surface area contributed by atoms with Crippen LogP contribution in [0.25, 0.3) is 11.3 Å². The first-order valence-corrected chi connectivity index (χ1v) is 9.74. The van der Waals surface area contributed by atoms with Gasteiger partial charge in [0.15, 0.2) is 5.76 Å². The first-order valence-electron chi connectivity index (χ1n) is 7.45. The van der Waals surface area contributed by atoms with E-state index >= 15 is 0 Å². The van der Waals surface area contributed by atoms with E-state index in [9.17, 15) is 8.42 Å². The Balaban J connectivity index is 1.96. The minimum atomic E-state index is -3.67. The number of aromatic nitrogens is 1. The Hall–Kier alpha value is -1.96. The fourth-order valence-corrected chi connectivity index (χ4v) is 5.57. The van der Waals surface area contributed by atoms with Gasteiger partial charge in [0.05, 0.1) is 11.8 Å². The minimum Gasteiger partial charge on any atom is -0.356 e. The van der Waals surface area contributed by atoms with Crippen molar-refractivity contribution >= 4 is 21.4 Å². The normalized spacial score (nSPS) is 11.8. The molecular weight excluding hydrogens is 344 g/mol. The predicted octanol–water partition coefficient (Wildman–Crippen LogP) is 3.81. The summed E-state index contributed by atoms with van der Waals surface area (Å²) in [5, 5.41) is 3.69. The molecule has 24 heavy (non-hydrogen) atoms. The van der Waals surface area contributed by atoms with Gasteiger partial charge in [0.25, 0.3) is 0 Å². The van der Waals surface area contributed by atoms with Crippen LogP contribution in [0.15, 0.2) is 45.9 Å². The van der Waals surface area contributed by atoms with E-state index in [0.29, 0.717) is 11.3 Å². The molecule has 0 saturated carbocycles. The Morgan fingerprint density at radius 1 is 1.17 bits per heavy atom. The van der Waals surface area contributed by atoms with Gasteiger partial charge in [-0.2, -0.15) is 0 Å². The highest BCUT2D eigenvalue weighted by atomic mass is 32.2. The second kappa shape index (κ2) is 6.51. The summed E-state index contributed by atoms with van der Waals surface area (Å²) in [5.41, 5.74) is 2.60. The summed E-state index contributed by atoms with van der Waals surface area (Å²) < 4.78 is 33.6. The van der Waals surface area contributed by atoms with Crippen molar-refractivity contribution in [2.45, 2.75) is 32.2 Å². The third-order valence-electron chi connectivity index (χ3n) is 3.71. The van der Waals surface area contributed by atoms with Crippen LogP contribution in [0.3, 0.4) is 0 Å². The van der Waals surface area contributed by atoms with Crippen LogP contribution < -0.4 is 4.72 Å². The van der Waals surface area contributed by atoms with Crippen LogP contribution in [0.2, 0.25) is 0 Å². The number of thiophene rings is 1. The van der Waals surface area contributed by atoms with E-state index < -0.39 is 10.0 Å². The Kier molecular flexibility index (Phi) is 4.58. The maximum absolute atomic E-state index is 12.9. The summed E-state index contributed by atoms with van der Waals surface area (Å²) in [6.45, 7) is 5.91. The van der Waals surface area contributed by atoms with Gasteiger partial charge in [0.2, 0.25) is 10.0 Å². The zero-order valence-corrected chi connectivity index (χ0v) is 15.3. The van der Waals surface area contributed by atoms with E-state index in [1.165, 1.54) is 17.5 Å². The molecule has 0 unspecified atom stereocenters. The summed E-state index contributed by atoms with van der Waals surface area (Å²) in [6, 6.07) is 9.43. The number of rotatable bonds is 5. The lowest BCUT2D eigenvalue weighted by atomic mass is 10.1. The fraction of sp³-hybridized carbons (Fsp3) is 0.235. The first kappa shape index (κ1) is 16.9. The Morgan fingerprint density at radius 3 is 2.62 bits per heavy atom. The topological polar surface area (TPSA) is 72.2 Å². The van der Waals surface area contributed by atoms with Gasteiger partial charge >= 0.3 is 0 Å². The molecule has 5 nitrogen and oxygen atoms in total. The van der Waals surface area contributed by atoms with Gasteiger partial charge in [-0.3, -0.25) is 0 Å². The van der Waals surface area contributed by atoms with Crippen molar-refractivity contribution in [3.05, 3.63) is 57.4 Å². The van der Waals surface area contributed by atoms with Crippen molar-refractivity contribution in [3.8, 4) is 11.3 Å². The van der Waals surface area contributed by atoms with Gasteiger partial charge in [-0.1, -0.05) is 35.0 Å². The van der Waals surface area contributed by atoms with E-state index in [2.05, 4.69) is 9.88 Å². The highest BCUT2D eigenvalue weighted by Gasteiger charge is 2.27. The highest BCUT2D eigenvalue weighted by Crippen LogP contribution is 2.38. The SMILES string of the molecule is Cc1cccc(CNS(=O)(=O)c2c(C)sc(C)c2-c2ccno2)c1. The molecular formula is C17H18N2O3S2. The second-order valence-electron chi connectivity index (χ2n) is 5.61. The van der Waals surface area contributed by atoms with Crippen LogP contribution in [0.1, 0.15) is 20.9 Å². The number of sulfonamides is 1. The number of hydrogen-bond donors (Lipinski definition) is 1. The van der Waals surface area contributed by atoms with Crippen molar-refractivity contribution in [2.24, 2.45) is 0 Å². The standard InChI is InChI=1S/C17H18N2O3S2/c1-11-5-4-6-14(9-11)10-19-24(20,21)17-13(3)23-12(2)16(17)15-7-8-18-22-15/h4-9,19H,10H2,1-3H3. The lowest BCUT2D eigenvalue weighted by Gasteiger charge is -2.09. The number of benzene rings is 1. The van der Waals surface area contributed by atoms with Crippen molar-refractivity contribution in [2.75, 3.05) is 0 Å². The monoisotopic (exact) mass is 362 g/mol. The molecule has 1 aromatic carbocycles. The lowest BCUT2D eigenvalue weighted by Crippen LogP contribution is -2.24. The Morgan fingerprint density at radius 2 is 1.96 bits per heavy atom. The molecule has 0 aliphatic heterocycles. The fourth-order valence-electron chi connectivity index (χ4n) is 2.69. The van der Waals surface area contributed by atoms with Crippen molar-refractivity contribution in [1.29, 1.82) is 0 Å². The second-order valence-corrected chi connectivity index (χ2v) is 8.74. The molecule has 126 valence electrons. The first-order chi connectivity index (χ1) is 11.4. The molecule has 3 aromatic rings. The molecule has 0 amide bonds. The smallest absolute Gasteiger partial charge is 0.242 e. The molecule has 0 aliphatic rings. The van der Waals surface area contributed by atoms with Gasteiger partial charge in [0, 0.05) is 22.4 Å². The van der Waals surface area contributed by atoms with E-state index in [-0.39, 0.29) is 11.4 Å². The van der Waals surface area contributed by atoms with Gasteiger partial charge in [-0.15, -0.1) is 11.3 Å². The van der Waals surface area contributed by atoms with Crippen LogP contribution in [0.5, 0.6) is 0 Å². The van der Waals surface area contributed by atoms with E-state index in [4.69, 9.17) is 4.52 Å². The summed E-state index contributed by atoms with van der Waals surface area (Å²) >= 11 is 1.44. The molecule has 0 aliphatic carbocycles. The van der Waals surface area contributed by atoms with Crippen LogP contribution in [0, 0.1) is 20.8 Å². The lowest BCUT2D eigenvalue weighted by molar-refractivity contribution is 0.431. The quantitative estimate of drug-likeness (QED) is 0.749. The highest BCUT2D eigenvalue weighted by molar-refractivity contribution is 7.89. The number of hydrogen-bond acceptors (Lipinski definition) is 5. The number of nitrogens with one attached hydrogen (secondary N) is 1. The van der Waals surface area contributed by atoms with Gasteiger partial charge < -0.3 is 4.52 Å². The minimum absolute atomic E-state index is 0.244. The molecule has 0 atom stereocenters. The molecule has 2 heterocycles. The van der Waals surface area contributed by atoms with E-state index in [1.54, 1.807) is 13.0 Å². The zero-order chi connectivity index (χ0) is 17.3. The average Bonchev–Trinajstić information content (AvgIpc) is 3.13. The predicted molar refractivity (Wildman–Crippen MR) is 94.5 cm³/mol. The van der Waals surface area contributed by atoms with Gasteiger partial charge in [0.1, 0.15) is 4.90 Å². The molecule has 0 bridgehead atoms. The van der Waals surface area contributed by atoms with E-state index in [0.717, 1.165) is 20.9 Å². The molecule has 0 spiro atoms. The van der Waals surface area contributed by atoms with Crippen molar-refractivity contribution in [3.63, 3.8) is 0 Å². The number of aryl methyl sites for hydroxylation is 3. The molecule has 0 saturated heterocycles. The zero-order valence-electron chi connectivity index (χ0n) is 13.7. The molecule has 0 fully saturated rings. The van der Waals surface area contributed by atoms with Crippen LogP contribution in [-0.2, 0) is 16.6 Å². The molecule has 7 heteroatoms. The number of nitrogens with zero attached hydrogens (tertiary/aromatic N) is 1. The molecule has 3 rings (SSSR count). The van der Waals surface area contributed by atoms with Crippen LogP contribution in [-0.4, -0.2) is 13.6 Å². The third-order valence-corrected chi connectivity index (χ3v) is 6.43.